The Morgan fingerprint density at radius 3 is 2.28 bits per heavy atom. The zero-order valence-electron chi connectivity index (χ0n) is 17.1. The fourth-order valence-electron chi connectivity index (χ4n) is 2.74. The molecule has 158 valence electrons. The molecule has 2 N–H and O–H groups in total. The van der Waals surface area contributed by atoms with E-state index in [1.165, 1.54) is 0 Å². The third kappa shape index (κ3) is 8.18. The Morgan fingerprint density at radius 2 is 1.72 bits per heavy atom. The van der Waals surface area contributed by atoms with Gasteiger partial charge in [-0.25, -0.2) is 4.98 Å². The molecule has 0 fully saturated rings. The molecule has 0 bridgehead atoms. The Hall–Kier alpha value is -1.87. The van der Waals surface area contributed by atoms with Crippen LogP contribution in [0.2, 0.25) is 5.15 Å². The van der Waals surface area contributed by atoms with Gasteiger partial charge < -0.3 is 15.5 Å². The molecule has 0 aliphatic rings. The van der Waals surface area contributed by atoms with Gasteiger partial charge in [0, 0.05) is 45.0 Å². The van der Waals surface area contributed by atoms with Crippen LogP contribution in [0.1, 0.15) is 35.3 Å². The second-order valence-corrected chi connectivity index (χ2v) is 6.65. The largest absolute Gasteiger partial charge is 0.356 e. The third-order valence-corrected chi connectivity index (χ3v) is 4.65. The third-order valence-electron chi connectivity index (χ3n) is 4.43. The molecule has 1 heterocycles. The summed E-state index contributed by atoms with van der Waals surface area (Å²) in [5, 5.41) is 7.06. The highest BCUT2D eigenvalue weighted by molar-refractivity contribution is 14.0. The molecule has 0 spiro atoms. The smallest absolute Gasteiger partial charge is 0.253 e. The van der Waals surface area contributed by atoms with Crippen LogP contribution in [0.5, 0.6) is 0 Å². The highest BCUT2D eigenvalue weighted by Crippen LogP contribution is 2.08. The number of guanidine groups is 1. The first-order chi connectivity index (χ1) is 13.6. The van der Waals surface area contributed by atoms with Crippen molar-refractivity contribution in [2.24, 2.45) is 4.99 Å². The molecule has 8 heteroatoms. The van der Waals surface area contributed by atoms with Crippen LogP contribution in [0.25, 0.3) is 0 Å². The first-order valence-corrected chi connectivity index (χ1v) is 9.88. The van der Waals surface area contributed by atoms with E-state index in [9.17, 15) is 4.79 Å². The number of carbonyl (C=O) groups excluding carboxylic acids is 1. The first-order valence-electron chi connectivity index (χ1n) is 9.50. The Morgan fingerprint density at radius 1 is 1.07 bits per heavy atom. The van der Waals surface area contributed by atoms with E-state index < -0.39 is 0 Å². The number of pyridine rings is 1. The van der Waals surface area contributed by atoms with Gasteiger partial charge in [0.05, 0.1) is 0 Å². The minimum Gasteiger partial charge on any atom is -0.356 e. The van der Waals surface area contributed by atoms with Gasteiger partial charge in [-0.05, 0) is 49.6 Å². The van der Waals surface area contributed by atoms with Crippen molar-refractivity contribution < 1.29 is 4.79 Å². The maximum Gasteiger partial charge on any atom is 0.253 e. The Balaban J connectivity index is 0.00000420. The summed E-state index contributed by atoms with van der Waals surface area (Å²) < 4.78 is 0. The predicted molar refractivity (Wildman–Crippen MR) is 130 cm³/mol. The minimum atomic E-state index is 0. The van der Waals surface area contributed by atoms with Gasteiger partial charge >= 0.3 is 0 Å². The van der Waals surface area contributed by atoms with E-state index in [-0.39, 0.29) is 29.9 Å². The summed E-state index contributed by atoms with van der Waals surface area (Å²) in [6.07, 6.45) is 2.61. The van der Waals surface area contributed by atoms with Crippen LogP contribution in [0.4, 0.5) is 0 Å². The Bertz CT molecular complexity index is 777. The standard InChI is InChI=1S/C21H28ClN5O.HI/c1-4-27(5-2)20(28)18-9-6-16(7-10-18)15-26-21(23-3)24-13-12-17-8-11-19(22)25-14-17;/h6-11,14H,4-5,12-13,15H2,1-3H3,(H2,23,24,26);1H. The lowest BCUT2D eigenvalue weighted by Gasteiger charge is -2.18. The summed E-state index contributed by atoms with van der Waals surface area (Å²) in [5.41, 5.74) is 2.91. The second kappa shape index (κ2) is 13.4. The number of amides is 1. The normalized spacial score (nSPS) is 10.8. The maximum atomic E-state index is 12.4. The molecule has 0 saturated carbocycles. The van der Waals surface area contributed by atoms with Crippen LogP contribution in [0.15, 0.2) is 47.6 Å². The molecule has 6 nitrogen and oxygen atoms in total. The lowest BCUT2D eigenvalue weighted by molar-refractivity contribution is 0.0773. The van der Waals surface area contributed by atoms with E-state index in [2.05, 4.69) is 20.6 Å². The van der Waals surface area contributed by atoms with Crippen LogP contribution in [0, 0.1) is 0 Å². The summed E-state index contributed by atoms with van der Waals surface area (Å²) in [4.78, 5) is 22.5. The monoisotopic (exact) mass is 529 g/mol. The molecular formula is C21H29ClIN5O. The highest BCUT2D eigenvalue weighted by atomic mass is 127. The Kier molecular flexibility index (Phi) is 11.6. The van der Waals surface area contributed by atoms with E-state index in [1.807, 2.05) is 49.1 Å². The molecular weight excluding hydrogens is 501 g/mol. The fraction of sp³-hybridized carbons (Fsp3) is 0.381. The average Bonchev–Trinajstić information content (AvgIpc) is 2.73. The lowest BCUT2D eigenvalue weighted by atomic mass is 10.1. The van der Waals surface area contributed by atoms with Crippen molar-refractivity contribution in [3.63, 3.8) is 0 Å². The van der Waals surface area contributed by atoms with Gasteiger partial charge in [0.25, 0.3) is 5.91 Å². The minimum absolute atomic E-state index is 0. The summed E-state index contributed by atoms with van der Waals surface area (Å²) in [7, 11) is 1.74. The van der Waals surface area contributed by atoms with Gasteiger partial charge in [-0.3, -0.25) is 9.79 Å². The van der Waals surface area contributed by atoms with E-state index in [0.29, 0.717) is 30.4 Å². The van der Waals surface area contributed by atoms with E-state index >= 15 is 0 Å². The summed E-state index contributed by atoms with van der Waals surface area (Å²) >= 11 is 5.80. The molecule has 1 aromatic carbocycles. The van der Waals surface area contributed by atoms with Crippen molar-refractivity contribution in [3.8, 4) is 0 Å². The second-order valence-electron chi connectivity index (χ2n) is 6.27. The van der Waals surface area contributed by atoms with Crippen molar-refractivity contribution in [1.82, 2.24) is 20.5 Å². The topological polar surface area (TPSA) is 69.6 Å². The molecule has 0 aliphatic carbocycles. The number of nitrogens with one attached hydrogen (secondary N) is 2. The molecule has 2 aromatic rings. The first kappa shape index (κ1) is 25.2. The van der Waals surface area contributed by atoms with E-state index in [4.69, 9.17) is 11.6 Å². The van der Waals surface area contributed by atoms with Crippen LogP contribution in [0.3, 0.4) is 0 Å². The molecule has 0 atom stereocenters. The maximum absolute atomic E-state index is 12.4. The zero-order chi connectivity index (χ0) is 20.4. The Labute approximate surface area is 195 Å². The summed E-state index contributed by atoms with van der Waals surface area (Å²) in [6, 6.07) is 11.4. The average molecular weight is 530 g/mol. The van der Waals surface area contributed by atoms with Gasteiger partial charge in [0.2, 0.25) is 0 Å². The van der Waals surface area contributed by atoms with Crippen molar-refractivity contribution in [3.05, 3.63) is 64.4 Å². The van der Waals surface area contributed by atoms with Gasteiger partial charge in [-0.2, -0.15) is 0 Å². The van der Waals surface area contributed by atoms with Crippen molar-refractivity contribution in [1.29, 1.82) is 0 Å². The van der Waals surface area contributed by atoms with Crippen LogP contribution >= 0.6 is 35.6 Å². The van der Waals surface area contributed by atoms with Crippen molar-refractivity contribution in [2.45, 2.75) is 26.8 Å². The van der Waals surface area contributed by atoms with Crippen molar-refractivity contribution in [2.75, 3.05) is 26.7 Å². The number of rotatable bonds is 8. The fourth-order valence-corrected chi connectivity index (χ4v) is 2.86. The molecule has 1 amide bonds. The lowest BCUT2D eigenvalue weighted by Crippen LogP contribution is -2.37. The van der Waals surface area contributed by atoms with Crippen LogP contribution in [-0.4, -0.2) is 48.4 Å². The zero-order valence-corrected chi connectivity index (χ0v) is 20.2. The van der Waals surface area contributed by atoms with E-state index in [1.54, 1.807) is 19.3 Å². The molecule has 0 aliphatic heterocycles. The number of hydrogen-bond acceptors (Lipinski definition) is 3. The predicted octanol–water partition coefficient (Wildman–Crippen LogP) is 3.74. The van der Waals surface area contributed by atoms with Crippen LogP contribution in [-0.2, 0) is 13.0 Å². The van der Waals surface area contributed by atoms with Gasteiger partial charge in [0.1, 0.15) is 5.15 Å². The van der Waals surface area contributed by atoms with Crippen molar-refractivity contribution >= 4 is 47.4 Å². The van der Waals surface area contributed by atoms with Gasteiger partial charge in [-0.15, -0.1) is 24.0 Å². The quantitative estimate of drug-likeness (QED) is 0.237. The number of hydrogen-bond donors (Lipinski definition) is 2. The van der Waals surface area contributed by atoms with Gasteiger partial charge in [-0.1, -0.05) is 29.8 Å². The molecule has 0 unspecified atom stereocenters. The van der Waals surface area contributed by atoms with E-state index in [0.717, 1.165) is 30.1 Å². The van der Waals surface area contributed by atoms with Crippen LogP contribution < -0.4 is 10.6 Å². The summed E-state index contributed by atoms with van der Waals surface area (Å²) in [5.74, 6) is 0.795. The molecule has 0 saturated heterocycles. The number of carbonyl (C=O) groups is 1. The summed E-state index contributed by atoms with van der Waals surface area (Å²) in [6.45, 7) is 6.77. The molecule has 2 rings (SSSR count). The van der Waals surface area contributed by atoms with Gasteiger partial charge in [0.15, 0.2) is 5.96 Å². The SMILES string of the molecule is CCN(CC)C(=O)c1ccc(CNC(=NC)NCCc2ccc(Cl)nc2)cc1.I. The number of halogens is 2. The molecule has 0 radical (unpaired) electrons. The highest BCUT2D eigenvalue weighted by Gasteiger charge is 2.11. The molecule has 1 aromatic heterocycles. The number of benzene rings is 1. The number of aliphatic imine (C=N–C) groups is 1. The number of aromatic nitrogens is 1. The molecule has 29 heavy (non-hydrogen) atoms. The number of nitrogens with zero attached hydrogens (tertiary/aromatic N) is 3.